The highest BCUT2D eigenvalue weighted by Crippen LogP contribution is 2.12. The fraction of sp³-hybridized carbons (Fsp3) is 0.333. The van der Waals surface area contributed by atoms with E-state index in [0.717, 1.165) is 6.54 Å². The van der Waals surface area contributed by atoms with Gasteiger partial charge in [0.2, 0.25) is 0 Å². The fourth-order valence-corrected chi connectivity index (χ4v) is 1.33. The Morgan fingerprint density at radius 2 is 1.85 bits per heavy atom. The van der Waals surface area contributed by atoms with E-state index in [1.165, 1.54) is 5.57 Å². The van der Waals surface area contributed by atoms with Gasteiger partial charge in [0, 0.05) is 6.54 Å². The van der Waals surface area contributed by atoms with Gasteiger partial charge in [-0.05, 0) is 18.5 Å². The number of nitrogens with one attached hydrogen (secondary N) is 1. The van der Waals surface area contributed by atoms with Crippen molar-refractivity contribution in [3.8, 4) is 0 Å². The maximum Gasteiger partial charge on any atom is 0.00144 e. The van der Waals surface area contributed by atoms with Crippen molar-refractivity contribution in [2.24, 2.45) is 5.92 Å². The quantitative estimate of drug-likeness (QED) is 0.694. The monoisotopic (exact) mass is 175 g/mol. The first-order valence-corrected chi connectivity index (χ1v) is 4.71. The lowest BCUT2D eigenvalue weighted by Crippen LogP contribution is -2.17. The SMILES string of the molecule is CNCC(C)C1=C/C=C/C=C\C=C\1. The Morgan fingerprint density at radius 3 is 2.62 bits per heavy atom. The molecule has 0 spiro atoms. The summed E-state index contributed by atoms with van der Waals surface area (Å²) in [4.78, 5) is 0. The molecule has 1 unspecified atom stereocenters. The van der Waals surface area contributed by atoms with Crippen LogP contribution in [0.4, 0.5) is 0 Å². The molecule has 0 heterocycles. The molecule has 0 aromatic carbocycles. The molecule has 0 saturated carbocycles. The van der Waals surface area contributed by atoms with Crippen molar-refractivity contribution in [1.82, 2.24) is 5.32 Å². The third-order valence-electron chi connectivity index (χ3n) is 2.10. The lowest BCUT2D eigenvalue weighted by Gasteiger charge is -2.11. The van der Waals surface area contributed by atoms with Crippen LogP contribution < -0.4 is 5.32 Å². The summed E-state index contributed by atoms with van der Waals surface area (Å²) in [5.74, 6) is 0.567. The zero-order valence-corrected chi connectivity index (χ0v) is 8.33. The Bertz CT molecular complexity index is 256. The van der Waals surface area contributed by atoms with E-state index in [1.807, 2.05) is 13.1 Å². The van der Waals surface area contributed by atoms with E-state index in [1.54, 1.807) is 0 Å². The molecule has 1 N–H and O–H groups in total. The van der Waals surface area contributed by atoms with Gasteiger partial charge in [-0.1, -0.05) is 49.5 Å². The van der Waals surface area contributed by atoms with Gasteiger partial charge in [0.05, 0.1) is 0 Å². The molecule has 0 saturated heterocycles. The summed E-state index contributed by atoms with van der Waals surface area (Å²) >= 11 is 0. The number of rotatable bonds is 3. The van der Waals surface area contributed by atoms with Crippen LogP contribution >= 0.6 is 0 Å². The van der Waals surface area contributed by atoms with Gasteiger partial charge in [-0.2, -0.15) is 0 Å². The van der Waals surface area contributed by atoms with Crippen molar-refractivity contribution in [2.45, 2.75) is 6.92 Å². The number of allylic oxidation sites excluding steroid dienone is 7. The van der Waals surface area contributed by atoms with Crippen LogP contribution in [0, 0.1) is 5.92 Å². The summed E-state index contributed by atoms with van der Waals surface area (Å²) in [6.45, 7) is 3.25. The minimum absolute atomic E-state index is 0.567. The average molecular weight is 175 g/mol. The van der Waals surface area contributed by atoms with Crippen LogP contribution in [0.2, 0.25) is 0 Å². The van der Waals surface area contributed by atoms with Crippen molar-refractivity contribution in [2.75, 3.05) is 13.6 Å². The van der Waals surface area contributed by atoms with Crippen molar-refractivity contribution >= 4 is 0 Å². The average Bonchev–Trinajstić information content (AvgIpc) is 2.03. The third-order valence-corrected chi connectivity index (χ3v) is 2.10. The molecule has 70 valence electrons. The van der Waals surface area contributed by atoms with E-state index in [2.05, 4.69) is 48.7 Å². The van der Waals surface area contributed by atoms with Crippen LogP contribution in [0.5, 0.6) is 0 Å². The van der Waals surface area contributed by atoms with Crippen LogP contribution in [0.15, 0.2) is 48.1 Å². The molecule has 0 bridgehead atoms. The summed E-state index contributed by atoms with van der Waals surface area (Å²) in [6.07, 6.45) is 14.6. The lowest BCUT2D eigenvalue weighted by molar-refractivity contribution is 0.630. The predicted molar refractivity (Wildman–Crippen MR) is 58.6 cm³/mol. The van der Waals surface area contributed by atoms with E-state index in [9.17, 15) is 0 Å². The van der Waals surface area contributed by atoms with Crippen molar-refractivity contribution in [1.29, 1.82) is 0 Å². The Kier molecular flexibility index (Phi) is 4.27. The maximum atomic E-state index is 3.18. The van der Waals surface area contributed by atoms with E-state index in [4.69, 9.17) is 0 Å². The van der Waals surface area contributed by atoms with Gasteiger partial charge in [0.15, 0.2) is 0 Å². The summed E-state index contributed by atoms with van der Waals surface area (Å²) in [7, 11) is 1.99. The second kappa shape index (κ2) is 5.55. The Hall–Kier alpha value is -1.08. The minimum atomic E-state index is 0.567. The molecule has 1 aliphatic carbocycles. The minimum Gasteiger partial charge on any atom is -0.319 e. The summed E-state index contributed by atoms with van der Waals surface area (Å²) in [6, 6.07) is 0. The largest absolute Gasteiger partial charge is 0.319 e. The Balaban J connectivity index is 2.66. The molecule has 1 atom stereocenters. The first kappa shape index (κ1) is 10.0. The van der Waals surface area contributed by atoms with E-state index in [0.29, 0.717) is 5.92 Å². The van der Waals surface area contributed by atoms with Crippen LogP contribution in [-0.2, 0) is 0 Å². The van der Waals surface area contributed by atoms with E-state index in [-0.39, 0.29) is 0 Å². The lowest BCUT2D eigenvalue weighted by atomic mass is 9.99. The van der Waals surface area contributed by atoms with Gasteiger partial charge < -0.3 is 5.32 Å². The highest BCUT2D eigenvalue weighted by atomic mass is 14.8. The number of hydrogen-bond acceptors (Lipinski definition) is 1. The van der Waals surface area contributed by atoms with Crippen LogP contribution in [0.25, 0.3) is 0 Å². The number of hydrogen-bond donors (Lipinski definition) is 1. The Morgan fingerprint density at radius 1 is 1.15 bits per heavy atom. The molecule has 0 amide bonds. The molecule has 1 nitrogen and oxygen atoms in total. The first-order valence-electron chi connectivity index (χ1n) is 4.71. The van der Waals surface area contributed by atoms with Crippen molar-refractivity contribution < 1.29 is 0 Å². The molecule has 13 heavy (non-hydrogen) atoms. The van der Waals surface area contributed by atoms with E-state index >= 15 is 0 Å². The highest BCUT2D eigenvalue weighted by molar-refractivity contribution is 5.32. The molecule has 1 heteroatoms. The topological polar surface area (TPSA) is 12.0 Å². The molecular formula is C12H17N. The Labute approximate surface area is 80.5 Å². The summed E-state index contributed by atoms with van der Waals surface area (Å²) < 4.78 is 0. The van der Waals surface area contributed by atoms with Crippen LogP contribution in [0.1, 0.15) is 6.92 Å². The normalized spacial score (nSPS) is 29.2. The molecule has 0 radical (unpaired) electrons. The summed E-state index contributed by atoms with van der Waals surface area (Å²) in [5.41, 5.74) is 1.37. The zero-order valence-electron chi connectivity index (χ0n) is 8.33. The van der Waals surface area contributed by atoms with E-state index < -0.39 is 0 Å². The molecule has 0 aromatic heterocycles. The van der Waals surface area contributed by atoms with Crippen LogP contribution in [0.3, 0.4) is 0 Å². The molecule has 0 aliphatic heterocycles. The standard InChI is InChI=1S/C12H17N/c1-11(10-13-2)12-8-6-4-3-5-7-9-12/h3-9,11,13H,10H2,1-2H3/b4-3-,5-3?,6-4?,7-5+,8-6+,9-7?,12-8?,12-9+. The summed E-state index contributed by atoms with van der Waals surface area (Å²) in [5, 5.41) is 3.18. The van der Waals surface area contributed by atoms with Crippen molar-refractivity contribution in [3.05, 3.63) is 48.1 Å². The highest BCUT2D eigenvalue weighted by Gasteiger charge is 2.03. The maximum absolute atomic E-state index is 3.18. The van der Waals surface area contributed by atoms with Crippen molar-refractivity contribution in [3.63, 3.8) is 0 Å². The molecule has 0 aromatic rings. The zero-order chi connectivity index (χ0) is 9.52. The molecule has 0 fully saturated rings. The fourth-order valence-electron chi connectivity index (χ4n) is 1.33. The van der Waals surface area contributed by atoms with Gasteiger partial charge in [-0.15, -0.1) is 0 Å². The molecule has 1 rings (SSSR count). The second-order valence-corrected chi connectivity index (χ2v) is 3.25. The predicted octanol–water partition coefficient (Wildman–Crippen LogP) is 2.45. The third kappa shape index (κ3) is 3.43. The van der Waals surface area contributed by atoms with Gasteiger partial charge in [0.25, 0.3) is 0 Å². The van der Waals surface area contributed by atoms with Gasteiger partial charge in [0.1, 0.15) is 0 Å². The molecular weight excluding hydrogens is 158 g/mol. The van der Waals surface area contributed by atoms with Gasteiger partial charge >= 0.3 is 0 Å². The van der Waals surface area contributed by atoms with Gasteiger partial charge in [-0.25, -0.2) is 0 Å². The second-order valence-electron chi connectivity index (χ2n) is 3.25. The van der Waals surface area contributed by atoms with Gasteiger partial charge in [-0.3, -0.25) is 0 Å². The molecule has 1 aliphatic rings. The van der Waals surface area contributed by atoms with Crippen LogP contribution in [-0.4, -0.2) is 13.6 Å². The first-order chi connectivity index (χ1) is 6.34. The smallest absolute Gasteiger partial charge is 0.00144 e.